The number of allylic oxidation sites excluding steroid dienone is 4. The van der Waals surface area contributed by atoms with Crippen LogP contribution in [0.5, 0.6) is 0 Å². The first-order valence-corrected chi connectivity index (χ1v) is 6.81. The molecular formula is C15H24. The molecule has 0 aromatic rings. The van der Waals surface area contributed by atoms with Crippen LogP contribution < -0.4 is 0 Å². The van der Waals surface area contributed by atoms with E-state index < -0.39 is 0 Å². The first-order valence-electron chi connectivity index (χ1n) is 6.81. The predicted octanol–water partition coefficient (Wildman–Crippen LogP) is 5.01. The van der Waals surface area contributed by atoms with Crippen molar-refractivity contribution in [2.75, 3.05) is 0 Å². The van der Waals surface area contributed by atoms with Crippen LogP contribution in [0.15, 0.2) is 23.8 Å². The van der Waals surface area contributed by atoms with Crippen molar-refractivity contribution in [1.29, 1.82) is 0 Å². The summed E-state index contributed by atoms with van der Waals surface area (Å²) in [7, 11) is 0. The van der Waals surface area contributed by atoms with Gasteiger partial charge in [0.2, 0.25) is 0 Å². The Hall–Kier alpha value is -0.520. The summed E-state index contributed by atoms with van der Waals surface area (Å²) in [5.74, 6) is 0.888. The van der Waals surface area contributed by atoms with Crippen molar-refractivity contribution in [3.63, 3.8) is 0 Å². The number of hydrogen-bond donors (Lipinski definition) is 0. The van der Waals surface area contributed by atoms with E-state index in [2.05, 4.69) is 18.2 Å². The van der Waals surface area contributed by atoms with E-state index in [1.807, 2.05) is 0 Å². The standard InChI is InChI=1S/C15H24/c1-3-8-14(9-4-1)12-7-13-15-10-5-2-6-11-15/h7,12-14H,1-6,8-11H2/b12-7-. The van der Waals surface area contributed by atoms with Crippen LogP contribution in [-0.4, -0.2) is 0 Å². The molecule has 0 aliphatic heterocycles. The summed E-state index contributed by atoms with van der Waals surface area (Å²) in [6.45, 7) is 0. The van der Waals surface area contributed by atoms with Gasteiger partial charge in [0.05, 0.1) is 0 Å². The van der Waals surface area contributed by atoms with E-state index in [9.17, 15) is 0 Å². The summed E-state index contributed by atoms with van der Waals surface area (Å²) in [5, 5.41) is 0. The van der Waals surface area contributed by atoms with Crippen molar-refractivity contribution >= 4 is 0 Å². The molecule has 0 heteroatoms. The lowest BCUT2D eigenvalue weighted by atomic mass is 9.88. The molecule has 0 N–H and O–H groups in total. The molecule has 2 rings (SSSR count). The van der Waals surface area contributed by atoms with Gasteiger partial charge in [-0.15, -0.1) is 0 Å². The fraction of sp³-hybridized carbons (Fsp3) is 0.733. The topological polar surface area (TPSA) is 0 Å². The molecule has 0 unspecified atom stereocenters. The second kappa shape index (κ2) is 6.15. The minimum Gasteiger partial charge on any atom is -0.0814 e. The average Bonchev–Trinajstić information content (AvgIpc) is 2.32. The Labute approximate surface area is 94.5 Å². The monoisotopic (exact) mass is 204 g/mol. The lowest BCUT2D eigenvalue weighted by molar-refractivity contribution is 0.419. The van der Waals surface area contributed by atoms with E-state index in [-0.39, 0.29) is 0 Å². The van der Waals surface area contributed by atoms with Crippen LogP contribution in [0.2, 0.25) is 0 Å². The van der Waals surface area contributed by atoms with E-state index in [4.69, 9.17) is 0 Å². The van der Waals surface area contributed by atoms with Crippen LogP contribution in [0.1, 0.15) is 64.2 Å². The molecule has 0 spiro atoms. The Morgan fingerprint density at radius 3 is 2.20 bits per heavy atom. The molecule has 84 valence electrons. The van der Waals surface area contributed by atoms with Crippen molar-refractivity contribution in [3.05, 3.63) is 23.8 Å². The molecule has 2 aliphatic rings. The summed E-state index contributed by atoms with van der Waals surface area (Å²) in [6, 6.07) is 0. The first kappa shape index (κ1) is 11.0. The van der Waals surface area contributed by atoms with E-state index in [1.165, 1.54) is 64.2 Å². The van der Waals surface area contributed by atoms with Crippen molar-refractivity contribution in [2.24, 2.45) is 5.92 Å². The molecule has 0 saturated heterocycles. The Bertz CT molecular complexity index is 220. The fourth-order valence-electron chi connectivity index (χ4n) is 2.85. The van der Waals surface area contributed by atoms with Crippen LogP contribution in [0.25, 0.3) is 0 Å². The maximum atomic E-state index is 2.46. The highest BCUT2D eigenvalue weighted by Crippen LogP contribution is 2.25. The molecule has 0 nitrogen and oxygen atoms in total. The first-order chi connectivity index (χ1) is 7.45. The average molecular weight is 204 g/mol. The summed E-state index contributed by atoms with van der Waals surface area (Å²) in [4.78, 5) is 0. The van der Waals surface area contributed by atoms with E-state index in [0.717, 1.165) is 5.92 Å². The van der Waals surface area contributed by atoms with E-state index in [0.29, 0.717) is 0 Å². The lowest BCUT2D eigenvalue weighted by Crippen LogP contribution is -2.02. The second-order valence-electron chi connectivity index (χ2n) is 5.17. The minimum absolute atomic E-state index is 0.888. The summed E-state index contributed by atoms with van der Waals surface area (Å²) in [6.07, 6.45) is 21.4. The Kier molecular flexibility index (Phi) is 4.50. The Morgan fingerprint density at radius 1 is 0.800 bits per heavy atom. The molecule has 2 aliphatic carbocycles. The van der Waals surface area contributed by atoms with Crippen molar-refractivity contribution in [2.45, 2.75) is 64.2 Å². The van der Waals surface area contributed by atoms with Gasteiger partial charge in [-0.25, -0.2) is 0 Å². The summed E-state index contributed by atoms with van der Waals surface area (Å²) in [5.41, 5.74) is 1.69. The minimum atomic E-state index is 0.888. The van der Waals surface area contributed by atoms with Crippen molar-refractivity contribution in [3.8, 4) is 0 Å². The van der Waals surface area contributed by atoms with Gasteiger partial charge in [-0.05, 0) is 44.4 Å². The largest absolute Gasteiger partial charge is 0.0814 e. The van der Waals surface area contributed by atoms with Gasteiger partial charge < -0.3 is 0 Å². The number of rotatable bonds is 2. The highest BCUT2D eigenvalue weighted by Gasteiger charge is 2.09. The van der Waals surface area contributed by atoms with Gasteiger partial charge in [-0.1, -0.05) is 49.5 Å². The van der Waals surface area contributed by atoms with Gasteiger partial charge in [0.25, 0.3) is 0 Å². The third-order valence-electron chi connectivity index (χ3n) is 3.86. The Balaban J connectivity index is 1.77. The predicted molar refractivity (Wildman–Crippen MR) is 66.9 cm³/mol. The number of hydrogen-bond acceptors (Lipinski definition) is 0. The maximum absolute atomic E-state index is 2.46. The van der Waals surface area contributed by atoms with E-state index >= 15 is 0 Å². The summed E-state index contributed by atoms with van der Waals surface area (Å²) < 4.78 is 0. The molecule has 0 heterocycles. The smallest absolute Gasteiger partial charge is 0.0230 e. The third kappa shape index (κ3) is 3.85. The third-order valence-corrected chi connectivity index (χ3v) is 3.86. The molecule has 0 aromatic carbocycles. The normalized spacial score (nSPS) is 24.7. The van der Waals surface area contributed by atoms with Crippen LogP contribution in [0.3, 0.4) is 0 Å². The van der Waals surface area contributed by atoms with Crippen LogP contribution in [0.4, 0.5) is 0 Å². The SMILES string of the molecule is C(/C=C\C1CCCCC1)=C1CCCCC1. The van der Waals surface area contributed by atoms with E-state index in [1.54, 1.807) is 5.57 Å². The molecule has 0 bridgehead atoms. The molecular weight excluding hydrogens is 180 g/mol. The van der Waals surface area contributed by atoms with Gasteiger partial charge in [0.1, 0.15) is 0 Å². The van der Waals surface area contributed by atoms with Gasteiger partial charge in [-0.2, -0.15) is 0 Å². The van der Waals surface area contributed by atoms with Gasteiger partial charge in [-0.3, -0.25) is 0 Å². The van der Waals surface area contributed by atoms with Crippen molar-refractivity contribution in [1.82, 2.24) is 0 Å². The fourth-order valence-corrected chi connectivity index (χ4v) is 2.85. The molecule has 2 saturated carbocycles. The zero-order valence-electron chi connectivity index (χ0n) is 9.88. The van der Waals surface area contributed by atoms with Gasteiger partial charge in [0, 0.05) is 0 Å². The quantitative estimate of drug-likeness (QED) is 0.593. The van der Waals surface area contributed by atoms with Crippen LogP contribution in [0, 0.1) is 5.92 Å². The highest BCUT2D eigenvalue weighted by molar-refractivity contribution is 5.14. The molecule has 0 atom stereocenters. The highest BCUT2D eigenvalue weighted by atomic mass is 14.1. The molecule has 2 fully saturated rings. The van der Waals surface area contributed by atoms with Gasteiger partial charge >= 0.3 is 0 Å². The van der Waals surface area contributed by atoms with Gasteiger partial charge in [0.15, 0.2) is 0 Å². The summed E-state index contributed by atoms with van der Waals surface area (Å²) >= 11 is 0. The molecule has 0 aromatic heterocycles. The lowest BCUT2D eigenvalue weighted by Gasteiger charge is -2.17. The second-order valence-corrected chi connectivity index (χ2v) is 5.17. The zero-order valence-corrected chi connectivity index (χ0v) is 9.88. The van der Waals surface area contributed by atoms with Crippen LogP contribution in [-0.2, 0) is 0 Å². The Morgan fingerprint density at radius 2 is 1.47 bits per heavy atom. The molecule has 0 radical (unpaired) electrons. The maximum Gasteiger partial charge on any atom is -0.0230 e. The van der Waals surface area contributed by atoms with Crippen molar-refractivity contribution < 1.29 is 0 Å². The van der Waals surface area contributed by atoms with Crippen LogP contribution >= 0.6 is 0 Å². The zero-order chi connectivity index (χ0) is 10.3. The molecule has 15 heavy (non-hydrogen) atoms. The molecule has 0 amide bonds.